The van der Waals surface area contributed by atoms with E-state index in [1.54, 1.807) is 18.2 Å². The molecule has 0 saturated heterocycles. The number of nitrogens with zero attached hydrogens (tertiary/aromatic N) is 2. The second kappa shape index (κ2) is 4.73. The standard InChI is InChI=1S/C14H10F2N4/c15-10-2-1-3-11(16)13(10)20-14-9-6-8(17)4-5-12(9)18-7-19-14/h1-7H,17H2,(H,18,19,20). The average molecular weight is 272 g/mol. The minimum absolute atomic E-state index is 0.255. The first-order valence-corrected chi connectivity index (χ1v) is 5.86. The van der Waals surface area contributed by atoms with Crippen LogP contribution in [0.5, 0.6) is 0 Å². The quantitative estimate of drug-likeness (QED) is 0.703. The van der Waals surface area contributed by atoms with Crippen molar-refractivity contribution < 1.29 is 8.78 Å². The summed E-state index contributed by atoms with van der Waals surface area (Å²) in [4.78, 5) is 8.09. The molecule has 1 heterocycles. The number of fused-ring (bicyclic) bond motifs is 1. The fraction of sp³-hybridized carbons (Fsp3) is 0. The van der Waals surface area contributed by atoms with Crippen molar-refractivity contribution in [3.05, 3.63) is 54.4 Å². The van der Waals surface area contributed by atoms with Gasteiger partial charge in [0.1, 0.15) is 29.5 Å². The fourth-order valence-corrected chi connectivity index (χ4v) is 1.91. The number of nitrogen functional groups attached to an aromatic ring is 1. The third-order valence-corrected chi connectivity index (χ3v) is 2.87. The monoisotopic (exact) mass is 272 g/mol. The van der Waals surface area contributed by atoms with E-state index in [4.69, 9.17) is 5.73 Å². The van der Waals surface area contributed by atoms with E-state index in [2.05, 4.69) is 15.3 Å². The number of nitrogens with two attached hydrogens (primary N) is 1. The zero-order valence-corrected chi connectivity index (χ0v) is 10.3. The van der Waals surface area contributed by atoms with Crippen LogP contribution in [0.2, 0.25) is 0 Å². The van der Waals surface area contributed by atoms with Gasteiger partial charge in [-0.25, -0.2) is 18.7 Å². The maximum absolute atomic E-state index is 13.6. The van der Waals surface area contributed by atoms with Crippen molar-refractivity contribution in [3.8, 4) is 0 Å². The average Bonchev–Trinajstić information content (AvgIpc) is 2.43. The summed E-state index contributed by atoms with van der Waals surface area (Å²) in [6.07, 6.45) is 1.32. The highest BCUT2D eigenvalue weighted by atomic mass is 19.1. The van der Waals surface area contributed by atoms with E-state index >= 15 is 0 Å². The lowest BCUT2D eigenvalue weighted by molar-refractivity contribution is 0.590. The summed E-state index contributed by atoms with van der Waals surface area (Å²) in [5.41, 5.74) is 6.61. The molecule has 0 bridgehead atoms. The van der Waals surface area contributed by atoms with Gasteiger partial charge in [0, 0.05) is 11.1 Å². The summed E-state index contributed by atoms with van der Waals surface area (Å²) in [5, 5.41) is 3.25. The Morgan fingerprint density at radius 2 is 1.75 bits per heavy atom. The molecule has 6 heteroatoms. The Balaban J connectivity index is 2.13. The van der Waals surface area contributed by atoms with Gasteiger partial charge in [-0.2, -0.15) is 0 Å². The van der Waals surface area contributed by atoms with Gasteiger partial charge in [0.15, 0.2) is 0 Å². The number of aromatic nitrogens is 2. The molecule has 0 aliphatic carbocycles. The predicted octanol–water partition coefficient (Wildman–Crippen LogP) is 3.23. The Morgan fingerprint density at radius 3 is 2.50 bits per heavy atom. The molecule has 0 unspecified atom stereocenters. The van der Waals surface area contributed by atoms with Crippen LogP contribution in [-0.2, 0) is 0 Å². The van der Waals surface area contributed by atoms with E-state index in [1.807, 2.05) is 0 Å². The second-order valence-electron chi connectivity index (χ2n) is 4.22. The highest BCUT2D eigenvalue weighted by Crippen LogP contribution is 2.27. The minimum Gasteiger partial charge on any atom is -0.399 e. The third-order valence-electron chi connectivity index (χ3n) is 2.87. The van der Waals surface area contributed by atoms with E-state index in [0.717, 1.165) is 0 Å². The Kier molecular flexibility index (Phi) is 2.90. The van der Waals surface area contributed by atoms with E-state index in [-0.39, 0.29) is 5.69 Å². The molecule has 100 valence electrons. The van der Waals surface area contributed by atoms with Crippen LogP contribution in [-0.4, -0.2) is 9.97 Å². The zero-order chi connectivity index (χ0) is 14.1. The maximum Gasteiger partial charge on any atom is 0.149 e. The first-order chi connectivity index (χ1) is 9.65. The Morgan fingerprint density at radius 1 is 1.00 bits per heavy atom. The highest BCUT2D eigenvalue weighted by molar-refractivity contribution is 5.92. The van der Waals surface area contributed by atoms with Crippen LogP contribution in [0.1, 0.15) is 0 Å². The molecule has 0 atom stereocenters. The number of rotatable bonds is 2. The molecule has 2 aromatic carbocycles. The van der Waals surface area contributed by atoms with Crippen LogP contribution in [0.15, 0.2) is 42.7 Å². The van der Waals surface area contributed by atoms with Gasteiger partial charge in [-0.1, -0.05) is 6.07 Å². The van der Waals surface area contributed by atoms with Gasteiger partial charge in [-0.05, 0) is 30.3 Å². The molecule has 0 aliphatic rings. The van der Waals surface area contributed by atoms with Crippen LogP contribution in [0, 0.1) is 11.6 Å². The topological polar surface area (TPSA) is 63.8 Å². The maximum atomic E-state index is 13.6. The molecule has 4 nitrogen and oxygen atoms in total. The van der Waals surface area contributed by atoms with Gasteiger partial charge in [-0.3, -0.25) is 0 Å². The SMILES string of the molecule is Nc1ccc2ncnc(Nc3c(F)cccc3F)c2c1. The lowest BCUT2D eigenvalue weighted by Crippen LogP contribution is -2.01. The Labute approximate surface area is 113 Å². The number of anilines is 3. The number of nitrogens with one attached hydrogen (secondary N) is 1. The van der Waals surface area contributed by atoms with Crippen LogP contribution < -0.4 is 11.1 Å². The molecule has 3 aromatic rings. The van der Waals surface area contributed by atoms with Crippen LogP contribution >= 0.6 is 0 Å². The summed E-state index contributed by atoms with van der Waals surface area (Å²) in [5.74, 6) is -1.09. The van der Waals surface area contributed by atoms with Crippen LogP contribution in [0.4, 0.5) is 26.0 Å². The van der Waals surface area contributed by atoms with Crippen molar-refractivity contribution in [2.45, 2.75) is 0 Å². The smallest absolute Gasteiger partial charge is 0.149 e. The molecule has 0 saturated carbocycles. The van der Waals surface area contributed by atoms with Gasteiger partial charge >= 0.3 is 0 Å². The first kappa shape index (κ1) is 12.3. The molecule has 0 fully saturated rings. The predicted molar refractivity (Wildman–Crippen MR) is 73.6 cm³/mol. The zero-order valence-electron chi connectivity index (χ0n) is 10.3. The van der Waals surface area contributed by atoms with Gasteiger partial charge in [-0.15, -0.1) is 0 Å². The van der Waals surface area contributed by atoms with Crippen molar-refractivity contribution in [1.29, 1.82) is 0 Å². The Bertz CT molecular complexity index is 769. The van der Waals surface area contributed by atoms with Crippen molar-refractivity contribution in [2.24, 2.45) is 0 Å². The van der Waals surface area contributed by atoms with E-state index < -0.39 is 11.6 Å². The third kappa shape index (κ3) is 2.11. The number of benzene rings is 2. The molecule has 3 rings (SSSR count). The molecular formula is C14H10F2N4. The van der Waals surface area contributed by atoms with E-state index in [0.29, 0.717) is 22.4 Å². The van der Waals surface area contributed by atoms with E-state index in [1.165, 1.54) is 24.5 Å². The number of hydrogen-bond acceptors (Lipinski definition) is 4. The summed E-state index contributed by atoms with van der Waals surface area (Å²) < 4.78 is 27.3. The number of para-hydroxylation sites is 1. The molecule has 0 amide bonds. The molecular weight excluding hydrogens is 262 g/mol. The van der Waals surface area contributed by atoms with Gasteiger partial charge < -0.3 is 11.1 Å². The van der Waals surface area contributed by atoms with E-state index in [9.17, 15) is 8.78 Å². The minimum atomic E-state index is -0.694. The highest BCUT2D eigenvalue weighted by Gasteiger charge is 2.11. The molecule has 3 N–H and O–H groups in total. The largest absolute Gasteiger partial charge is 0.399 e. The molecule has 0 radical (unpaired) electrons. The molecule has 0 spiro atoms. The first-order valence-electron chi connectivity index (χ1n) is 5.86. The Hall–Kier alpha value is -2.76. The van der Waals surface area contributed by atoms with Crippen molar-refractivity contribution >= 4 is 28.1 Å². The second-order valence-corrected chi connectivity index (χ2v) is 4.22. The molecule has 1 aromatic heterocycles. The molecule has 0 aliphatic heterocycles. The summed E-state index contributed by atoms with van der Waals surface area (Å²) >= 11 is 0. The lowest BCUT2D eigenvalue weighted by Gasteiger charge is -2.10. The normalized spacial score (nSPS) is 10.7. The van der Waals surface area contributed by atoms with Crippen molar-refractivity contribution in [1.82, 2.24) is 9.97 Å². The summed E-state index contributed by atoms with van der Waals surface area (Å²) in [6, 6.07) is 8.70. The summed E-state index contributed by atoms with van der Waals surface area (Å²) in [6.45, 7) is 0. The molecule has 20 heavy (non-hydrogen) atoms. The van der Waals surface area contributed by atoms with Crippen molar-refractivity contribution in [3.63, 3.8) is 0 Å². The number of halogens is 2. The van der Waals surface area contributed by atoms with Crippen molar-refractivity contribution in [2.75, 3.05) is 11.1 Å². The van der Waals surface area contributed by atoms with Gasteiger partial charge in [0.05, 0.1) is 5.52 Å². The van der Waals surface area contributed by atoms with Crippen LogP contribution in [0.3, 0.4) is 0 Å². The number of hydrogen-bond donors (Lipinski definition) is 2. The van der Waals surface area contributed by atoms with Gasteiger partial charge in [0.25, 0.3) is 0 Å². The van der Waals surface area contributed by atoms with Gasteiger partial charge in [0.2, 0.25) is 0 Å². The fourth-order valence-electron chi connectivity index (χ4n) is 1.91. The lowest BCUT2D eigenvalue weighted by atomic mass is 10.2. The summed E-state index contributed by atoms with van der Waals surface area (Å²) in [7, 11) is 0. The van der Waals surface area contributed by atoms with Crippen LogP contribution in [0.25, 0.3) is 10.9 Å².